The second kappa shape index (κ2) is 12.6. The lowest BCUT2D eigenvalue weighted by atomic mass is 9.90. The minimum Gasteiger partial charge on any atom is -0.454 e. The van der Waals surface area contributed by atoms with Gasteiger partial charge >= 0.3 is 0 Å². The maximum Gasteiger partial charge on any atom is 0.161 e. The molecule has 4 nitrogen and oxygen atoms in total. The summed E-state index contributed by atoms with van der Waals surface area (Å²) in [6.45, 7) is 0. The van der Waals surface area contributed by atoms with Gasteiger partial charge in [0.2, 0.25) is 0 Å². The molecule has 0 atom stereocenters. The molecule has 0 N–H and O–H groups in total. The Balaban J connectivity index is 1.20. The zero-order chi connectivity index (χ0) is 36.3. The molecule has 0 bridgehead atoms. The number of fused-ring (bicyclic) bond motifs is 7. The molecule has 0 spiro atoms. The third kappa shape index (κ3) is 5.34. The Labute approximate surface area is 317 Å². The standard InChI is InChI=1S/C51H31N3O/c1-2-13-33(14-3-1)46-31-47(54-51(53-46)36-23-22-32-12-4-5-15-34(32)26-36)39-28-37(41-24-25-52-49-44-20-10-11-21-48(44)55-50(41)49)27-38(29-39)45-30-35-16-6-7-17-40(35)42-18-8-9-19-43(42)45/h1-31H. The van der Waals surface area contributed by atoms with Gasteiger partial charge in [0, 0.05) is 33.8 Å². The minimum atomic E-state index is 0.675. The van der Waals surface area contributed by atoms with Crippen LogP contribution in [0, 0.1) is 0 Å². The number of benzene rings is 8. The van der Waals surface area contributed by atoms with Crippen LogP contribution < -0.4 is 0 Å². The molecule has 11 rings (SSSR count). The summed E-state index contributed by atoms with van der Waals surface area (Å²) in [7, 11) is 0. The van der Waals surface area contributed by atoms with Gasteiger partial charge in [-0.1, -0.05) is 127 Å². The van der Waals surface area contributed by atoms with Crippen LogP contribution in [-0.4, -0.2) is 15.0 Å². The highest BCUT2D eigenvalue weighted by atomic mass is 16.3. The molecular formula is C51H31N3O. The Morgan fingerprint density at radius 2 is 1.00 bits per heavy atom. The fourth-order valence-electron chi connectivity index (χ4n) is 8.02. The van der Waals surface area contributed by atoms with Crippen LogP contribution in [0.3, 0.4) is 0 Å². The molecule has 0 saturated heterocycles. The van der Waals surface area contributed by atoms with Gasteiger partial charge in [0.05, 0.1) is 11.4 Å². The molecule has 0 fully saturated rings. The molecule has 0 unspecified atom stereocenters. The van der Waals surface area contributed by atoms with Crippen LogP contribution in [0.25, 0.3) is 111 Å². The third-order valence-electron chi connectivity index (χ3n) is 10.7. The summed E-state index contributed by atoms with van der Waals surface area (Å²) in [5.74, 6) is 0.675. The minimum absolute atomic E-state index is 0.675. The molecule has 4 heteroatoms. The number of hydrogen-bond donors (Lipinski definition) is 0. The molecule has 0 radical (unpaired) electrons. The van der Waals surface area contributed by atoms with Gasteiger partial charge in [-0.05, 0) is 104 Å². The van der Waals surface area contributed by atoms with E-state index in [1.54, 1.807) is 0 Å². The Kier molecular flexibility index (Phi) is 7.14. The maximum absolute atomic E-state index is 6.56. The zero-order valence-electron chi connectivity index (χ0n) is 29.6. The molecule has 0 aliphatic carbocycles. The van der Waals surface area contributed by atoms with Gasteiger partial charge in [-0.2, -0.15) is 0 Å². The maximum atomic E-state index is 6.56. The number of hydrogen-bond acceptors (Lipinski definition) is 4. The second-order valence-electron chi connectivity index (χ2n) is 14.0. The molecule has 11 aromatic rings. The summed E-state index contributed by atoms with van der Waals surface area (Å²) in [4.78, 5) is 15.3. The molecule has 0 aliphatic rings. The van der Waals surface area contributed by atoms with Crippen molar-refractivity contribution in [2.24, 2.45) is 0 Å². The van der Waals surface area contributed by atoms with Gasteiger partial charge in [0.15, 0.2) is 11.4 Å². The van der Waals surface area contributed by atoms with Crippen LogP contribution in [0.4, 0.5) is 0 Å². The highest BCUT2D eigenvalue weighted by Gasteiger charge is 2.19. The SMILES string of the molecule is c1ccc(-c2cc(-c3cc(-c4cc5ccccc5c5ccccc45)cc(-c4ccnc5c4oc4ccccc45)c3)nc(-c3ccc4ccccc4c3)n2)cc1. The van der Waals surface area contributed by atoms with Crippen molar-refractivity contribution in [1.29, 1.82) is 0 Å². The van der Waals surface area contributed by atoms with Crippen molar-refractivity contribution < 1.29 is 4.42 Å². The lowest BCUT2D eigenvalue weighted by Gasteiger charge is -2.15. The van der Waals surface area contributed by atoms with E-state index in [1.807, 2.05) is 30.5 Å². The van der Waals surface area contributed by atoms with Crippen LogP contribution in [0.5, 0.6) is 0 Å². The van der Waals surface area contributed by atoms with Crippen molar-refractivity contribution in [2.45, 2.75) is 0 Å². The summed E-state index contributed by atoms with van der Waals surface area (Å²) >= 11 is 0. The Hall–Kier alpha value is -7.43. The van der Waals surface area contributed by atoms with E-state index in [2.05, 4.69) is 158 Å². The van der Waals surface area contributed by atoms with Crippen molar-refractivity contribution in [3.8, 4) is 56.2 Å². The van der Waals surface area contributed by atoms with Gasteiger partial charge in [-0.25, -0.2) is 9.97 Å². The average molecular weight is 702 g/mol. The van der Waals surface area contributed by atoms with Crippen LogP contribution >= 0.6 is 0 Å². The second-order valence-corrected chi connectivity index (χ2v) is 14.0. The summed E-state index contributed by atoms with van der Waals surface area (Å²) < 4.78 is 6.56. The fourth-order valence-corrected chi connectivity index (χ4v) is 8.02. The number of pyridine rings is 1. The Morgan fingerprint density at radius 1 is 0.364 bits per heavy atom. The first-order valence-corrected chi connectivity index (χ1v) is 18.5. The molecular weight excluding hydrogens is 671 g/mol. The van der Waals surface area contributed by atoms with Crippen molar-refractivity contribution >= 4 is 54.4 Å². The van der Waals surface area contributed by atoms with Crippen molar-refractivity contribution in [3.63, 3.8) is 0 Å². The lowest BCUT2D eigenvalue weighted by molar-refractivity contribution is 0.669. The van der Waals surface area contributed by atoms with E-state index in [0.29, 0.717) is 5.82 Å². The van der Waals surface area contributed by atoms with E-state index in [4.69, 9.17) is 19.4 Å². The Morgan fingerprint density at radius 3 is 1.84 bits per heavy atom. The number of nitrogens with zero attached hydrogens (tertiary/aromatic N) is 3. The van der Waals surface area contributed by atoms with Crippen molar-refractivity contribution in [2.75, 3.05) is 0 Å². The van der Waals surface area contributed by atoms with E-state index in [-0.39, 0.29) is 0 Å². The van der Waals surface area contributed by atoms with Crippen LogP contribution in [0.15, 0.2) is 193 Å². The van der Waals surface area contributed by atoms with E-state index in [9.17, 15) is 0 Å². The average Bonchev–Trinajstić information content (AvgIpc) is 3.65. The van der Waals surface area contributed by atoms with E-state index < -0.39 is 0 Å². The van der Waals surface area contributed by atoms with Gasteiger partial charge in [-0.3, -0.25) is 4.98 Å². The van der Waals surface area contributed by atoms with Crippen LogP contribution in [0.1, 0.15) is 0 Å². The van der Waals surface area contributed by atoms with E-state index in [1.165, 1.54) is 26.9 Å². The highest BCUT2D eigenvalue weighted by molar-refractivity contribution is 6.14. The predicted octanol–water partition coefficient (Wildman–Crippen LogP) is 13.6. The number of rotatable bonds is 5. The molecule has 0 saturated carbocycles. The van der Waals surface area contributed by atoms with Crippen molar-refractivity contribution in [3.05, 3.63) is 188 Å². The monoisotopic (exact) mass is 701 g/mol. The number of para-hydroxylation sites is 1. The molecule has 0 amide bonds. The Bertz CT molecular complexity index is 3270. The highest BCUT2D eigenvalue weighted by Crippen LogP contribution is 2.42. The van der Waals surface area contributed by atoms with E-state index >= 15 is 0 Å². The fraction of sp³-hybridized carbons (Fsp3) is 0. The summed E-state index contributed by atoms with van der Waals surface area (Å²) in [6, 6.07) is 63.9. The van der Waals surface area contributed by atoms with Crippen molar-refractivity contribution in [1.82, 2.24) is 15.0 Å². The largest absolute Gasteiger partial charge is 0.454 e. The molecule has 3 aromatic heterocycles. The van der Waals surface area contributed by atoms with Gasteiger partial charge in [0.1, 0.15) is 11.1 Å². The molecule has 8 aromatic carbocycles. The smallest absolute Gasteiger partial charge is 0.161 e. The number of aromatic nitrogens is 3. The summed E-state index contributed by atoms with van der Waals surface area (Å²) in [5, 5.41) is 8.17. The zero-order valence-corrected chi connectivity index (χ0v) is 29.6. The van der Waals surface area contributed by atoms with Crippen LogP contribution in [0.2, 0.25) is 0 Å². The molecule has 0 aliphatic heterocycles. The molecule has 3 heterocycles. The third-order valence-corrected chi connectivity index (χ3v) is 10.7. The van der Waals surface area contributed by atoms with Gasteiger partial charge in [0.25, 0.3) is 0 Å². The first-order valence-electron chi connectivity index (χ1n) is 18.5. The summed E-state index contributed by atoms with van der Waals surface area (Å²) in [6.07, 6.45) is 1.88. The topological polar surface area (TPSA) is 51.8 Å². The van der Waals surface area contributed by atoms with E-state index in [0.717, 1.165) is 77.8 Å². The summed E-state index contributed by atoms with van der Waals surface area (Å²) in [5.41, 5.74) is 11.3. The quantitative estimate of drug-likeness (QED) is 0.168. The first-order chi connectivity index (χ1) is 27.2. The number of furan rings is 1. The predicted molar refractivity (Wildman–Crippen MR) is 227 cm³/mol. The lowest BCUT2D eigenvalue weighted by Crippen LogP contribution is -1.97. The van der Waals surface area contributed by atoms with Gasteiger partial charge in [-0.15, -0.1) is 0 Å². The molecule has 55 heavy (non-hydrogen) atoms. The first kappa shape index (κ1) is 31.1. The molecule has 256 valence electrons. The normalized spacial score (nSPS) is 11.6. The van der Waals surface area contributed by atoms with Gasteiger partial charge < -0.3 is 4.42 Å². The van der Waals surface area contributed by atoms with Crippen LogP contribution in [-0.2, 0) is 0 Å².